The number of aromatic nitrogens is 1. The molecule has 4 saturated carbocycles. The number of pyridine rings is 1. The normalized spacial score (nSPS) is 36.6. The van der Waals surface area contributed by atoms with E-state index < -0.39 is 14.4 Å². The molecule has 348 valence electrons. The highest BCUT2D eigenvalue weighted by Gasteiger charge is 2.68. The van der Waals surface area contributed by atoms with Gasteiger partial charge in [-0.25, -0.2) is 4.98 Å². The number of esters is 1. The summed E-state index contributed by atoms with van der Waals surface area (Å²) in [7, 11) is -1.94. The van der Waals surface area contributed by atoms with Crippen molar-refractivity contribution < 1.29 is 23.8 Å². The van der Waals surface area contributed by atoms with Crippen molar-refractivity contribution in [3.63, 3.8) is 0 Å². The molecule has 8 nitrogen and oxygen atoms in total. The molecule has 0 aromatic carbocycles. The maximum absolute atomic E-state index is 12.9. The van der Waals surface area contributed by atoms with Gasteiger partial charge in [0, 0.05) is 18.3 Å². The number of nitriles is 1. The van der Waals surface area contributed by atoms with Crippen molar-refractivity contribution in [2.75, 3.05) is 19.9 Å². The van der Waals surface area contributed by atoms with E-state index in [2.05, 4.69) is 111 Å². The number of carbonyl (C=O) groups is 1. The Labute approximate surface area is 382 Å². The summed E-state index contributed by atoms with van der Waals surface area (Å²) in [4.78, 5) is 17.0. The topological polar surface area (TPSA) is 114 Å². The van der Waals surface area contributed by atoms with Crippen LogP contribution in [-0.4, -0.2) is 56.0 Å². The van der Waals surface area contributed by atoms with Crippen LogP contribution in [0.2, 0.25) is 18.1 Å². The van der Waals surface area contributed by atoms with Gasteiger partial charge in [0.2, 0.25) is 12.7 Å². The number of nitrogens with one attached hydrogen (secondary N) is 1. The standard InChI is InChI=1S/C54H83N3O5Si/c1-35(2)42-23-26-54(57-32-41(58)33-62-63(11,12)50(4,5)6)28-27-53(10)45(47(42)54)22-21-44-46-36(3)30-40(51(7,8)43(46)24-25-52(44,53)9)20-17-37-15-18-38(19-16-37)49(59)61-34-60-48-39(31-55)14-13-29-56-48/h13-15,29-30,36,38,41-47,57-58H,1,16-28,32-34H2,2-12H3/t36-,38-,41+,42-,43+,44+,45+,46-,47+,52+,53+,54-/m0/s1. The molecule has 0 spiro atoms. The van der Waals surface area contributed by atoms with Crippen molar-refractivity contribution in [3.05, 3.63) is 59.3 Å². The third-order valence-electron chi connectivity index (χ3n) is 19.6. The van der Waals surface area contributed by atoms with E-state index in [0.29, 0.717) is 66.1 Å². The quantitative estimate of drug-likeness (QED) is 0.0822. The molecule has 0 amide bonds. The molecule has 1 aromatic rings. The zero-order chi connectivity index (χ0) is 45.8. The van der Waals surface area contributed by atoms with Crippen molar-refractivity contribution in [2.24, 2.45) is 63.6 Å². The zero-order valence-electron chi connectivity index (χ0n) is 41.1. The molecule has 7 rings (SSSR count). The molecular weight excluding hydrogens is 799 g/mol. The molecule has 0 saturated heterocycles. The fourth-order valence-electron chi connectivity index (χ4n) is 14.6. The van der Waals surface area contributed by atoms with Crippen molar-refractivity contribution in [2.45, 2.75) is 176 Å². The Morgan fingerprint density at radius 3 is 2.44 bits per heavy atom. The van der Waals surface area contributed by atoms with Crippen molar-refractivity contribution >= 4 is 14.3 Å². The van der Waals surface area contributed by atoms with Crippen LogP contribution in [0.25, 0.3) is 0 Å². The van der Waals surface area contributed by atoms with Crippen molar-refractivity contribution in [1.82, 2.24) is 10.3 Å². The summed E-state index contributed by atoms with van der Waals surface area (Å²) in [5.41, 5.74) is 5.58. The first-order chi connectivity index (χ1) is 29.6. The molecule has 4 fully saturated rings. The number of fused-ring (bicyclic) bond motifs is 7. The van der Waals surface area contributed by atoms with E-state index in [-0.39, 0.29) is 46.0 Å². The number of nitrogens with zero attached hydrogens (tertiary/aromatic N) is 2. The van der Waals surface area contributed by atoms with E-state index >= 15 is 0 Å². The second-order valence-corrected chi connectivity index (χ2v) is 28.7. The van der Waals surface area contributed by atoms with Crippen LogP contribution >= 0.6 is 0 Å². The van der Waals surface area contributed by atoms with E-state index in [0.717, 1.165) is 31.6 Å². The minimum absolute atomic E-state index is 0.0568. The Morgan fingerprint density at radius 1 is 1.03 bits per heavy atom. The van der Waals surface area contributed by atoms with Crippen molar-refractivity contribution in [3.8, 4) is 11.9 Å². The predicted octanol–water partition coefficient (Wildman–Crippen LogP) is 12.1. The Bertz CT molecular complexity index is 1960. The summed E-state index contributed by atoms with van der Waals surface area (Å²) in [5.74, 6) is 4.21. The molecule has 63 heavy (non-hydrogen) atoms. The summed E-state index contributed by atoms with van der Waals surface area (Å²) in [6.45, 7) is 32.2. The van der Waals surface area contributed by atoms with Gasteiger partial charge in [-0.2, -0.15) is 5.26 Å². The number of hydrogen-bond donors (Lipinski definition) is 2. The zero-order valence-corrected chi connectivity index (χ0v) is 42.1. The SMILES string of the molecule is C=C(C)[C@@H]1CC[C@]2(NC[C@@H](O)CO[Si](C)(C)C(C)(C)C)CC[C@]3(C)[C@H](CC[C@@H]4[C@@H]5[C@@H](CC[C@]43C)C(C)(C)C(CCC3=CC[C@H](C(=O)OCOc4ncccc4C#N)CC3)=C[C@@H]5C)[C@@H]12. The average Bonchev–Trinajstić information content (AvgIpc) is 3.63. The third kappa shape index (κ3) is 8.95. The summed E-state index contributed by atoms with van der Waals surface area (Å²) >= 11 is 0. The van der Waals surface area contributed by atoms with E-state index in [1.54, 1.807) is 23.9 Å². The fourth-order valence-corrected chi connectivity index (χ4v) is 15.6. The summed E-state index contributed by atoms with van der Waals surface area (Å²) in [6.07, 6.45) is 20.7. The van der Waals surface area contributed by atoms with Crippen LogP contribution in [0.5, 0.6) is 5.88 Å². The van der Waals surface area contributed by atoms with Gasteiger partial charge in [-0.3, -0.25) is 4.79 Å². The van der Waals surface area contributed by atoms with Gasteiger partial charge >= 0.3 is 5.97 Å². The molecule has 2 N–H and O–H groups in total. The predicted molar refractivity (Wildman–Crippen MR) is 255 cm³/mol. The molecule has 9 heteroatoms. The van der Waals surface area contributed by atoms with E-state index in [1.807, 2.05) is 0 Å². The van der Waals surface area contributed by atoms with Gasteiger partial charge in [-0.15, -0.1) is 0 Å². The van der Waals surface area contributed by atoms with E-state index in [4.69, 9.17) is 13.9 Å². The maximum atomic E-state index is 12.9. The smallest absolute Gasteiger partial charge is 0.312 e. The first-order valence-electron chi connectivity index (χ1n) is 24.8. The van der Waals surface area contributed by atoms with Crippen molar-refractivity contribution in [1.29, 1.82) is 5.26 Å². The Hall–Kier alpha value is -2.77. The van der Waals surface area contributed by atoms with Gasteiger partial charge < -0.3 is 24.3 Å². The molecule has 0 aliphatic heterocycles. The van der Waals surface area contributed by atoms with Crippen LogP contribution in [0.1, 0.15) is 151 Å². The highest BCUT2D eigenvalue weighted by Crippen LogP contribution is 2.74. The minimum Gasteiger partial charge on any atom is -0.439 e. The second kappa shape index (κ2) is 18.1. The van der Waals surface area contributed by atoms with Crippen LogP contribution < -0.4 is 10.1 Å². The minimum atomic E-state index is -1.94. The van der Waals surface area contributed by atoms with Crippen LogP contribution in [0.3, 0.4) is 0 Å². The highest BCUT2D eigenvalue weighted by atomic mass is 28.4. The molecule has 6 aliphatic rings. The molecule has 0 unspecified atom stereocenters. The molecule has 0 radical (unpaired) electrons. The molecule has 12 atom stereocenters. The number of rotatable bonds is 14. The number of allylic oxidation sites excluding steroid dienone is 5. The lowest BCUT2D eigenvalue weighted by Gasteiger charge is -2.70. The van der Waals surface area contributed by atoms with Gasteiger partial charge in [-0.05, 0) is 178 Å². The second-order valence-electron chi connectivity index (χ2n) is 23.9. The number of β-amino-alcohol motifs (C(OH)–C–C–N with tert-alkyl or cyclic N) is 1. The number of carbonyl (C=O) groups excluding carboxylic acids is 1. The Kier molecular flexibility index (Phi) is 13.9. The lowest BCUT2D eigenvalue weighted by molar-refractivity contribution is -0.201. The molecule has 6 aliphatic carbocycles. The summed E-state index contributed by atoms with van der Waals surface area (Å²) in [5, 5.41) is 24.9. The first-order valence-corrected chi connectivity index (χ1v) is 27.8. The van der Waals surface area contributed by atoms with Gasteiger partial charge in [-0.1, -0.05) is 90.8 Å². The molecule has 1 aromatic heterocycles. The lowest BCUT2D eigenvalue weighted by Crippen LogP contribution is -2.67. The fraction of sp³-hybridized carbons (Fsp3) is 0.759. The van der Waals surface area contributed by atoms with Crippen LogP contribution in [0.4, 0.5) is 0 Å². The summed E-state index contributed by atoms with van der Waals surface area (Å²) in [6, 6.07) is 5.37. The van der Waals surface area contributed by atoms with E-state index in [1.165, 1.54) is 62.5 Å². The van der Waals surface area contributed by atoms with Gasteiger partial charge in [0.25, 0.3) is 0 Å². The van der Waals surface area contributed by atoms with Gasteiger partial charge in [0.1, 0.15) is 11.6 Å². The third-order valence-corrected chi connectivity index (χ3v) is 24.1. The molecule has 1 heterocycles. The van der Waals surface area contributed by atoms with Crippen LogP contribution in [-0.2, 0) is 14.0 Å². The van der Waals surface area contributed by atoms with E-state index in [9.17, 15) is 15.2 Å². The number of aliphatic hydroxyl groups is 1. The first kappa shape index (κ1) is 48.2. The number of aliphatic hydroxyl groups excluding tert-OH is 1. The van der Waals surface area contributed by atoms with Gasteiger partial charge in [0.15, 0.2) is 8.32 Å². The largest absolute Gasteiger partial charge is 0.439 e. The molecular formula is C54H83N3O5Si. The lowest BCUT2D eigenvalue weighted by atomic mass is 9.35. The molecule has 0 bridgehead atoms. The maximum Gasteiger partial charge on any atom is 0.312 e. The Morgan fingerprint density at radius 2 is 1.76 bits per heavy atom. The monoisotopic (exact) mass is 882 g/mol. The highest BCUT2D eigenvalue weighted by molar-refractivity contribution is 6.74. The summed E-state index contributed by atoms with van der Waals surface area (Å²) < 4.78 is 17.4. The number of hydrogen-bond acceptors (Lipinski definition) is 8. The Balaban J connectivity index is 0.990. The van der Waals surface area contributed by atoms with Gasteiger partial charge in [0.05, 0.1) is 18.6 Å². The van der Waals surface area contributed by atoms with Crippen LogP contribution in [0, 0.1) is 74.9 Å². The van der Waals surface area contributed by atoms with Crippen LogP contribution in [0.15, 0.2) is 53.8 Å². The average molecular weight is 882 g/mol. The number of ether oxygens (including phenoxy) is 2.